The van der Waals surface area contributed by atoms with Gasteiger partial charge >= 0.3 is 0 Å². The third-order valence-electron chi connectivity index (χ3n) is 3.17. The lowest BCUT2D eigenvalue weighted by molar-refractivity contribution is -0.122. The zero-order valence-corrected chi connectivity index (χ0v) is 12.2. The SMILES string of the molecule is C[C@H](NC(=O)CCOCc1ccccc1)c1ccncc1. The Kier molecular flexibility index (Phi) is 5.91. The first-order valence-corrected chi connectivity index (χ1v) is 7.06. The molecule has 0 aliphatic rings. The van der Waals surface area contributed by atoms with Gasteiger partial charge in [-0.05, 0) is 30.2 Å². The van der Waals surface area contributed by atoms with Gasteiger partial charge in [-0.25, -0.2) is 0 Å². The number of pyridine rings is 1. The van der Waals surface area contributed by atoms with Crippen LogP contribution < -0.4 is 5.32 Å². The number of benzene rings is 1. The molecule has 1 aromatic carbocycles. The summed E-state index contributed by atoms with van der Waals surface area (Å²) in [6, 6.07) is 13.7. The molecule has 0 fully saturated rings. The fourth-order valence-electron chi connectivity index (χ4n) is 1.98. The molecule has 0 aliphatic heterocycles. The Bertz CT molecular complexity index is 543. The maximum Gasteiger partial charge on any atom is 0.222 e. The number of aromatic nitrogens is 1. The molecule has 0 spiro atoms. The van der Waals surface area contributed by atoms with Gasteiger partial charge in [0.25, 0.3) is 0 Å². The minimum absolute atomic E-state index is 0.00706. The van der Waals surface area contributed by atoms with Crippen LogP contribution in [0.2, 0.25) is 0 Å². The molecule has 1 N–H and O–H groups in total. The second-order valence-corrected chi connectivity index (χ2v) is 4.86. The van der Waals surface area contributed by atoms with Crippen molar-refractivity contribution in [1.82, 2.24) is 10.3 Å². The quantitative estimate of drug-likeness (QED) is 0.795. The number of rotatable bonds is 7. The number of hydrogen-bond acceptors (Lipinski definition) is 3. The maximum atomic E-state index is 11.8. The first-order chi connectivity index (χ1) is 10.3. The number of nitrogens with zero attached hydrogens (tertiary/aromatic N) is 1. The van der Waals surface area contributed by atoms with Crippen LogP contribution in [0.4, 0.5) is 0 Å². The summed E-state index contributed by atoms with van der Waals surface area (Å²) in [6.07, 6.45) is 3.81. The van der Waals surface area contributed by atoms with E-state index in [0.717, 1.165) is 11.1 Å². The Hall–Kier alpha value is -2.20. The lowest BCUT2D eigenvalue weighted by Crippen LogP contribution is -2.27. The highest BCUT2D eigenvalue weighted by molar-refractivity contribution is 5.76. The summed E-state index contributed by atoms with van der Waals surface area (Å²) in [5, 5.41) is 2.95. The summed E-state index contributed by atoms with van der Waals surface area (Å²) in [5.41, 5.74) is 2.16. The van der Waals surface area contributed by atoms with Crippen LogP contribution in [0.3, 0.4) is 0 Å². The van der Waals surface area contributed by atoms with Gasteiger partial charge in [0, 0.05) is 18.8 Å². The number of carbonyl (C=O) groups is 1. The van der Waals surface area contributed by atoms with Crippen LogP contribution in [0.25, 0.3) is 0 Å². The van der Waals surface area contributed by atoms with Crippen LogP contribution in [-0.4, -0.2) is 17.5 Å². The highest BCUT2D eigenvalue weighted by Crippen LogP contribution is 2.10. The molecule has 0 saturated heterocycles. The molecular weight excluding hydrogens is 264 g/mol. The van der Waals surface area contributed by atoms with E-state index in [0.29, 0.717) is 19.6 Å². The highest BCUT2D eigenvalue weighted by atomic mass is 16.5. The fraction of sp³-hybridized carbons (Fsp3) is 0.294. The minimum atomic E-state index is -0.0189. The Morgan fingerprint density at radius 2 is 1.90 bits per heavy atom. The average Bonchev–Trinajstić information content (AvgIpc) is 2.53. The summed E-state index contributed by atoms with van der Waals surface area (Å²) in [4.78, 5) is 15.8. The van der Waals surface area contributed by atoms with Crippen LogP contribution in [-0.2, 0) is 16.1 Å². The van der Waals surface area contributed by atoms with Crippen molar-refractivity contribution in [2.24, 2.45) is 0 Å². The van der Waals surface area contributed by atoms with Crippen molar-refractivity contribution >= 4 is 5.91 Å². The molecule has 2 aromatic rings. The van der Waals surface area contributed by atoms with Crippen molar-refractivity contribution in [3.8, 4) is 0 Å². The molecule has 1 aromatic heterocycles. The maximum absolute atomic E-state index is 11.8. The first-order valence-electron chi connectivity index (χ1n) is 7.06. The van der Waals surface area contributed by atoms with Gasteiger partial charge in [-0.3, -0.25) is 9.78 Å². The molecule has 0 bridgehead atoms. The first kappa shape index (κ1) is 15.2. The van der Waals surface area contributed by atoms with Crippen LogP contribution in [0.15, 0.2) is 54.9 Å². The van der Waals surface area contributed by atoms with E-state index >= 15 is 0 Å². The Morgan fingerprint density at radius 3 is 2.62 bits per heavy atom. The van der Waals surface area contributed by atoms with E-state index in [9.17, 15) is 4.79 Å². The van der Waals surface area contributed by atoms with Crippen molar-refractivity contribution in [3.63, 3.8) is 0 Å². The van der Waals surface area contributed by atoms with Crippen molar-refractivity contribution in [2.75, 3.05) is 6.61 Å². The van der Waals surface area contributed by atoms with E-state index in [1.54, 1.807) is 12.4 Å². The van der Waals surface area contributed by atoms with Gasteiger partial charge in [-0.1, -0.05) is 30.3 Å². The van der Waals surface area contributed by atoms with Crippen LogP contribution in [0.5, 0.6) is 0 Å². The van der Waals surface area contributed by atoms with Gasteiger partial charge in [0.2, 0.25) is 5.91 Å². The molecule has 4 heteroatoms. The number of carbonyl (C=O) groups excluding carboxylic acids is 1. The normalized spacial score (nSPS) is 11.9. The third-order valence-corrected chi connectivity index (χ3v) is 3.17. The summed E-state index contributed by atoms with van der Waals surface area (Å²) >= 11 is 0. The van der Waals surface area contributed by atoms with Crippen molar-refractivity contribution in [1.29, 1.82) is 0 Å². The van der Waals surface area contributed by atoms with Gasteiger partial charge in [0.1, 0.15) is 0 Å². The number of ether oxygens (including phenoxy) is 1. The molecule has 110 valence electrons. The van der Waals surface area contributed by atoms with E-state index in [4.69, 9.17) is 4.74 Å². The van der Waals surface area contributed by atoms with Crippen LogP contribution in [0, 0.1) is 0 Å². The summed E-state index contributed by atoms with van der Waals surface area (Å²) < 4.78 is 5.51. The molecule has 4 nitrogen and oxygen atoms in total. The van der Waals surface area contributed by atoms with Gasteiger partial charge < -0.3 is 10.1 Å². The number of nitrogens with one attached hydrogen (secondary N) is 1. The lowest BCUT2D eigenvalue weighted by Gasteiger charge is -2.14. The zero-order valence-electron chi connectivity index (χ0n) is 12.2. The molecule has 21 heavy (non-hydrogen) atoms. The monoisotopic (exact) mass is 284 g/mol. The van der Waals surface area contributed by atoms with Crippen molar-refractivity contribution < 1.29 is 9.53 Å². The molecule has 0 unspecified atom stereocenters. The second-order valence-electron chi connectivity index (χ2n) is 4.86. The lowest BCUT2D eigenvalue weighted by atomic mass is 10.1. The minimum Gasteiger partial charge on any atom is -0.376 e. The van der Waals surface area contributed by atoms with Gasteiger partial charge in [-0.2, -0.15) is 0 Å². The van der Waals surface area contributed by atoms with Gasteiger partial charge in [0.05, 0.1) is 19.3 Å². The Morgan fingerprint density at radius 1 is 1.19 bits per heavy atom. The third kappa shape index (κ3) is 5.36. The predicted molar refractivity (Wildman–Crippen MR) is 81.5 cm³/mol. The van der Waals surface area contributed by atoms with E-state index in [-0.39, 0.29) is 11.9 Å². The molecule has 0 radical (unpaired) electrons. The zero-order chi connectivity index (χ0) is 14.9. The van der Waals surface area contributed by atoms with Gasteiger partial charge in [0.15, 0.2) is 0 Å². The molecule has 0 aliphatic carbocycles. The second kappa shape index (κ2) is 8.17. The summed E-state index contributed by atoms with van der Waals surface area (Å²) in [6.45, 7) is 2.91. The molecular formula is C17H20N2O2. The summed E-state index contributed by atoms with van der Waals surface area (Å²) in [7, 11) is 0. The molecule has 2 rings (SSSR count). The van der Waals surface area contributed by atoms with Crippen molar-refractivity contribution in [3.05, 3.63) is 66.0 Å². The fourth-order valence-corrected chi connectivity index (χ4v) is 1.98. The summed E-state index contributed by atoms with van der Waals surface area (Å²) in [5.74, 6) is -0.00706. The van der Waals surface area contributed by atoms with E-state index in [1.165, 1.54) is 0 Å². The Balaban J connectivity index is 1.66. The van der Waals surface area contributed by atoms with E-state index < -0.39 is 0 Å². The molecule has 1 amide bonds. The van der Waals surface area contributed by atoms with Gasteiger partial charge in [-0.15, -0.1) is 0 Å². The standard InChI is InChI=1S/C17H20N2O2/c1-14(16-7-10-18-11-8-16)19-17(20)9-12-21-13-15-5-3-2-4-6-15/h2-8,10-11,14H,9,12-13H2,1H3,(H,19,20)/t14-/m0/s1. The van der Waals surface area contributed by atoms with E-state index in [1.807, 2.05) is 49.4 Å². The number of amides is 1. The van der Waals surface area contributed by atoms with E-state index in [2.05, 4.69) is 10.3 Å². The highest BCUT2D eigenvalue weighted by Gasteiger charge is 2.08. The number of hydrogen-bond donors (Lipinski definition) is 1. The smallest absolute Gasteiger partial charge is 0.222 e. The molecule has 1 heterocycles. The largest absolute Gasteiger partial charge is 0.376 e. The van der Waals surface area contributed by atoms with Crippen LogP contribution >= 0.6 is 0 Å². The topological polar surface area (TPSA) is 51.2 Å². The molecule has 1 atom stereocenters. The van der Waals surface area contributed by atoms with Crippen LogP contribution in [0.1, 0.15) is 30.5 Å². The van der Waals surface area contributed by atoms with Crippen molar-refractivity contribution in [2.45, 2.75) is 26.0 Å². The Labute approximate surface area is 125 Å². The molecule has 0 saturated carbocycles. The average molecular weight is 284 g/mol. The predicted octanol–water partition coefficient (Wildman–Crippen LogP) is 2.87.